The van der Waals surface area contributed by atoms with E-state index in [1.165, 1.54) is 11.6 Å². The average Bonchev–Trinajstić information content (AvgIpc) is 2.92. The lowest BCUT2D eigenvalue weighted by Gasteiger charge is -2.32. The van der Waals surface area contributed by atoms with Crippen LogP contribution in [0.1, 0.15) is 53.6 Å². The Morgan fingerprint density at radius 1 is 1.03 bits per heavy atom. The van der Waals surface area contributed by atoms with Crippen LogP contribution >= 0.6 is 0 Å². The van der Waals surface area contributed by atoms with E-state index in [1.54, 1.807) is 12.2 Å². The molecule has 2 aromatic carbocycles. The number of rotatable bonds is 6. The van der Waals surface area contributed by atoms with E-state index in [0.29, 0.717) is 31.1 Å². The van der Waals surface area contributed by atoms with Gasteiger partial charge in [0.2, 0.25) is 0 Å². The van der Waals surface area contributed by atoms with Gasteiger partial charge in [-0.15, -0.1) is 0 Å². The van der Waals surface area contributed by atoms with Gasteiger partial charge in [-0.2, -0.15) is 0 Å². The third-order valence-corrected chi connectivity index (χ3v) is 6.85. The number of hydrogen-bond acceptors (Lipinski definition) is 7. The van der Waals surface area contributed by atoms with Gasteiger partial charge in [0, 0.05) is 19.2 Å². The SMILES string of the molecule is O=C1OCCC=CCC/C=C/C(NOCC(=O)N2CCC(Cc3ccccc3)CC2)=C/c2cc(O)cc(O)c21. The molecule has 2 heterocycles. The Bertz CT molecular complexity index is 1210. The molecule has 8 nitrogen and oxygen atoms in total. The molecule has 8 heteroatoms. The monoisotopic (exact) mass is 532 g/mol. The van der Waals surface area contributed by atoms with Crippen molar-refractivity contribution in [3.8, 4) is 11.5 Å². The van der Waals surface area contributed by atoms with E-state index >= 15 is 0 Å². The summed E-state index contributed by atoms with van der Waals surface area (Å²) >= 11 is 0. The second kappa shape index (κ2) is 14.2. The molecule has 0 saturated carbocycles. The Morgan fingerprint density at radius 2 is 1.77 bits per heavy atom. The fourth-order valence-corrected chi connectivity index (χ4v) is 4.79. The molecule has 0 radical (unpaired) electrons. The van der Waals surface area contributed by atoms with Crippen molar-refractivity contribution in [3.63, 3.8) is 0 Å². The Kier molecular flexibility index (Phi) is 10.2. The maximum atomic E-state index is 12.8. The van der Waals surface area contributed by atoms with E-state index < -0.39 is 5.97 Å². The van der Waals surface area contributed by atoms with Gasteiger partial charge in [0.25, 0.3) is 5.91 Å². The molecule has 4 rings (SSSR count). The summed E-state index contributed by atoms with van der Waals surface area (Å²) in [6.07, 6.45) is 14.3. The number of hydroxylamine groups is 1. The summed E-state index contributed by atoms with van der Waals surface area (Å²) in [5.41, 5.74) is 4.77. The second-order valence-corrected chi connectivity index (χ2v) is 9.81. The number of aromatic hydroxyl groups is 2. The van der Waals surface area contributed by atoms with Crippen LogP contribution in [0.5, 0.6) is 11.5 Å². The summed E-state index contributed by atoms with van der Waals surface area (Å²) in [6, 6.07) is 12.9. The zero-order valence-corrected chi connectivity index (χ0v) is 22.1. The number of phenols is 2. The third kappa shape index (κ3) is 8.48. The highest BCUT2D eigenvalue weighted by atomic mass is 16.6. The number of carbonyl (C=O) groups is 2. The van der Waals surface area contributed by atoms with Crippen molar-refractivity contribution in [2.45, 2.75) is 38.5 Å². The maximum absolute atomic E-state index is 12.8. The zero-order chi connectivity index (χ0) is 27.5. The lowest BCUT2D eigenvalue weighted by molar-refractivity contribution is -0.139. The molecular weight excluding hydrogens is 496 g/mol. The number of phenolic OH excluding ortho intramolecular Hbond substituents is 2. The minimum atomic E-state index is -0.695. The van der Waals surface area contributed by atoms with Gasteiger partial charge in [0.05, 0.1) is 12.3 Å². The van der Waals surface area contributed by atoms with Crippen LogP contribution < -0.4 is 5.48 Å². The van der Waals surface area contributed by atoms with Crippen LogP contribution in [0.2, 0.25) is 0 Å². The lowest BCUT2D eigenvalue weighted by Crippen LogP contribution is -2.41. The van der Waals surface area contributed by atoms with Gasteiger partial charge in [-0.3, -0.25) is 15.1 Å². The number of amides is 1. The number of nitrogens with zero attached hydrogens (tertiary/aromatic N) is 1. The fraction of sp³-hybridized carbons (Fsp3) is 0.355. The summed E-state index contributed by atoms with van der Waals surface area (Å²) < 4.78 is 5.31. The maximum Gasteiger partial charge on any atom is 0.342 e. The fourth-order valence-electron chi connectivity index (χ4n) is 4.79. The molecule has 1 amide bonds. The number of likely N-dealkylation sites (tertiary alicyclic amines) is 1. The van der Waals surface area contributed by atoms with Crippen LogP contribution in [-0.4, -0.2) is 53.3 Å². The van der Waals surface area contributed by atoms with Crippen molar-refractivity contribution >= 4 is 18.0 Å². The number of hydrogen-bond donors (Lipinski definition) is 3. The number of nitrogens with one attached hydrogen (secondary N) is 1. The van der Waals surface area contributed by atoms with E-state index in [0.717, 1.165) is 38.2 Å². The van der Waals surface area contributed by atoms with Crippen LogP contribution in [0.15, 0.2) is 72.5 Å². The Morgan fingerprint density at radius 3 is 2.56 bits per heavy atom. The molecule has 0 unspecified atom stereocenters. The van der Waals surface area contributed by atoms with Crippen LogP contribution in [0.25, 0.3) is 6.08 Å². The number of benzene rings is 2. The Balaban J connectivity index is 1.38. The van der Waals surface area contributed by atoms with Crippen molar-refractivity contribution in [3.05, 3.63) is 89.2 Å². The van der Waals surface area contributed by atoms with Crippen molar-refractivity contribution in [1.29, 1.82) is 0 Å². The van der Waals surface area contributed by atoms with Crippen LogP contribution in [0.4, 0.5) is 0 Å². The molecule has 1 saturated heterocycles. The number of ether oxygens (including phenoxy) is 1. The Labute approximate surface area is 229 Å². The highest BCUT2D eigenvalue weighted by Gasteiger charge is 2.23. The van der Waals surface area contributed by atoms with Gasteiger partial charge in [-0.25, -0.2) is 4.79 Å². The predicted molar refractivity (Wildman–Crippen MR) is 149 cm³/mol. The van der Waals surface area contributed by atoms with Crippen molar-refractivity contribution in [2.75, 3.05) is 26.3 Å². The topological polar surface area (TPSA) is 108 Å². The smallest absolute Gasteiger partial charge is 0.342 e. The second-order valence-electron chi connectivity index (χ2n) is 9.81. The molecule has 0 spiro atoms. The molecule has 2 aliphatic rings. The van der Waals surface area contributed by atoms with Crippen LogP contribution in [0, 0.1) is 5.92 Å². The molecular formula is C31H36N2O6. The molecule has 0 bridgehead atoms. The van der Waals surface area contributed by atoms with Crippen LogP contribution in [0.3, 0.4) is 0 Å². The average molecular weight is 533 g/mol. The third-order valence-electron chi connectivity index (χ3n) is 6.85. The van der Waals surface area contributed by atoms with E-state index in [1.807, 2.05) is 29.2 Å². The number of esters is 1. The molecule has 1 fully saturated rings. The van der Waals surface area contributed by atoms with E-state index in [2.05, 4.69) is 29.7 Å². The summed E-state index contributed by atoms with van der Waals surface area (Å²) in [5, 5.41) is 20.4. The van der Waals surface area contributed by atoms with Crippen molar-refractivity contribution < 1.29 is 29.4 Å². The van der Waals surface area contributed by atoms with Gasteiger partial charge in [0.15, 0.2) is 6.61 Å². The summed E-state index contributed by atoms with van der Waals surface area (Å²) in [5.74, 6) is -0.821. The van der Waals surface area contributed by atoms with Crippen LogP contribution in [-0.2, 0) is 20.8 Å². The Hall–Kier alpha value is -4.04. The van der Waals surface area contributed by atoms with Crippen molar-refractivity contribution in [2.24, 2.45) is 5.92 Å². The number of allylic oxidation sites excluding steroid dienone is 3. The highest BCUT2D eigenvalue weighted by molar-refractivity contribution is 5.97. The van der Waals surface area contributed by atoms with Crippen molar-refractivity contribution in [1.82, 2.24) is 10.4 Å². The standard InChI is InChI=1S/C31H36N2O6/c34-27-20-25-19-26(12-8-3-1-2-4-9-17-38-31(37)30(25)28(35)21-27)32-39-22-29(36)33-15-13-24(14-16-33)18-23-10-6-5-7-11-23/h2,4-8,10-12,19-21,24,32,34-35H,1,3,9,13-18,22H2/b4-2?,12-8+,26-19-. The van der Waals surface area contributed by atoms with Gasteiger partial charge < -0.3 is 19.8 Å². The first-order valence-corrected chi connectivity index (χ1v) is 13.5. The number of fused-ring (bicyclic) bond motifs is 1. The van der Waals surface area contributed by atoms with Gasteiger partial charge >= 0.3 is 5.97 Å². The molecule has 206 valence electrons. The summed E-state index contributed by atoms with van der Waals surface area (Å²) in [6.45, 7) is 1.42. The predicted octanol–water partition coefficient (Wildman–Crippen LogP) is 4.89. The molecule has 0 atom stereocenters. The minimum absolute atomic E-state index is 0.0593. The number of piperidine rings is 1. The summed E-state index contributed by atoms with van der Waals surface area (Å²) in [4.78, 5) is 32.9. The molecule has 2 aliphatic heterocycles. The zero-order valence-electron chi connectivity index (χ0n) is 22.1. The normalized spacial score (nSPS) is 19.2. The van der Waals surface area contributed by atoms with E-state index in [4.69, 9.17) is 9.57 Å². The highest BCUT2D eigenvalue weighted by Crippen LogP contribution is 2.30. The largest absolute Gasteiger partial charge is 0.508 e. The quantitative estimate of drug-likeness (QED) is 0.276. The molecule has 0 aliphatic carbocycles. The molecule has 2 aromatic rings. The molecule has 39 heavy (non-hydrogen) atoms. The van der Waals surface area contributed by atoms with Gasteiger partial charge in [-0.05, 0) is 73.8 Å². The van der Waals surface area contributed by atoms with Gasteiger partial charge in [-0.1, -0.05) is 48.6 Å². The summed E-state index contributed by atoms with van der Waals surface area (Å²) in [7, 11) is 0. The van der Waals surface area contributed by atoms with E-state index in [-0.39, 0.29) is 41.7 Å². The van der Waals surface area contributed by atoms with Gasteiger partial charge in [0.1, 0.15) is 17.1 Å². The first-order chi connectivity index (χ1) is 19.0. The first-order valence-electron chi connectivity index (χ1n) is 13.5. The molecule has 0 aromatic heterocycles. The lowest BCUT2D eigenvalue weighted by atomic mass is 9.90. The molecule has 3 N–H and O–H groups in total. The first kappa shape index (κ1) is 28.0. The number of cyclic esters (lactones) is 1. The van der Waals surface area contributed by atoms with E-state index in [9.17, 15) is 19.8 Å². The minimum Gasteiger partial charge on any atom is -0.508 e. The number of carbonyl (C=O) groups excluding carboxylic acids is 2.